The predicted octanol–water partition coefficient (Wildman–Crippen LogP) is 5.36. The van der Waals surface area contributed by atoms with Crippen LogP contribution in [0.4, 0.5) is 11.4 Å². The second kappa shape index (κ2) is 11.5. The van der Waals surface area contributed by atoms with Gasteiger partial charge in [0.2, 0.25) is 15.9 Å². The first kappa shape index (κ1) is 28.6. The molecule has 0 saturated heterocycles. The molecule has 1 aliphatic carbocycles. The summed E-state index contributed by atoms with van der Waals surface area (Å²) in [5.41, 5.74) is 2.69. The van der Waals surface area contributed by atoms with Crippen LogP contribution in [-0.2, 0) is 31.3 Å². The van der Waals surface area contributed by atoms with E-state index in [1.807, 2.05) is 6.92 Å². The van der Waals surface area contributed by atoms with Gasteiger partial charge in [-0.05, 0) is 80.3 Å². The SMILES string of the molecule is Cc1ccc(S(=O)(=O)N(CC(=O)Nc2ccc3c(c2)N(S(=O)(=O)c2ccc(Cl)cc2)CC3)C2CCCCC2)cc1. The lowest BCUT2D eigenvalue weighted by Crippen LogP contribution is -2.45. The van der Waals surface area contributed by atoms with E-state index in [9.17, 15) is 21.6 Å². The Balaban J connectivity index is 1.37. The largest absolute Gasteiger partial charge is 0.325 e. The molecule has 0 aromatic heterocycles. The minimum Gasteiger partial charge on any atom is -0.325 e. The van der Waals surface area contributed by atoms with E-state index in [1.54, 1.807) is 42.5 Å². The molecule has 1 fully saturated rings. The highest BCUT2D eigenvalue weighted by Crippen LogP contribution is 2.35. The predicted molar refractivity (Wildman–Crippen MR) is 157 cm³/mol. The molecule has 0 spiro atoms. The molecule has 212 valence electrons. The van der Waals surface area contributed by atoms with E-state index in [-0.39, 0.29) is 28.9 Å². The molecule has 3 aromatic rings. The van der Waals surface area contributed by atoms with Crippen molar-refractivity contribution in [3.63, 3.8) is 0 Å². The van der Waals surface area contributed by atoms with Crippen molar-refractivity contribution in [1.29, 1.82) is 0 Å². The Morgan fingerprint density at radius 1 is 0.925 bits per heavy atom. The minimum absolute atomic E-state index is 0.128. The molecule has 1 N–H and O–H groups in total. The van der Waals surface area contributed by atoms with Crippen molar-refractivity contribution in [1.82, 2.24) is 4.31 Å². The Labute approximate surface area is 241 Å². The van der Waals surface area contributed by atoms with Gasteiger partial charge in [0.1, 0.15) is 0 Å². The van der Waals surface area contributed by atoms with Gasteiger partial charge >= 0.3 is 0 Å². The average Bonchev–Trinajstić information content (AvgIpc) is 3.37. The molecule has 1 saturated carbocycles. The Morgan fingerprint density at radius 3 is 2.25 bits per heavy atom. The maximum atomic E-state index is 13.7. The monoisotopic (exact) mass is 601 g/mol. The van der Waals surface area contributed by atoms with Gasteiger partial charge in [-0.1, -0.05) is 54.6 Å². The van der Waals surface area contributed by atoms with E-state index in [1.165, 1.54) is 32.9 Å². The van der Waals surface area contributed by atoms with Crippen LogP contribution < -0.4 is 9.62 Å². The quantitative estimate of drug-likeness (QED) is 0.374. The smallest absolute Gasteiger partial charge is 0.264 e. The van der Waals surface area contributed by atoms with Crippen LogP contribution in [0.2, 0.25) is 5.02 Å². The van der Waals surface area contributed by atoms with E-state index < -0.39 is 26.0 Å². The standard InChI is InChI=1S/C29H32ClN3O5S2/c1-21-7-13-26(14-8-21)40(37,38)33(25-5-3-2-4-6-25)20-29(34)31-24-12-9-22-17-18-32(28(22)19-24)39(35,36)27-15-10-23(30)11-16-27/h7-16,19,25H,2-6,17-18,20H2,1H3,(H,31,34). The molecule has 1 aliphatic heterocycles. The van der Waals surface area contributed by atoms with Crippen LogP contribution in [0.1, 0.15) is 43.2 Å². The number of fused-ring (bicyclic) bond motifs is 1. The molecule has 0 unspecified atom stereocenters. The van der Waals surface area contributed by atoms with Crippen molar-refractivity contribution in [2.75, 3.05) is 22.7 Å². The molecule has 5 rings (SSSR count). The zero-order valence-corrected chi connectivity index (χ0v) is 24.6. The van der Waals surface area contributed by atoms with Crippen LogP contribution in [0.25, 0.3) is 0 Å². The summed E-state index contributed by atoms with van der Waals surface area (Å²) in [5, 5.41) is 3.25. The van der Waals surface area contributed by atoms with Gasteiger partial charge in [-0.2, -0.15) is 4.31 Å². The van der Waals surface area contributed by atoms with Gasteiger partial charge in [-0.3, -0.25) is 9.10 Å². The number of halogens is 1. The lowest BCUT2D eigenvalue weighted by Gasteiger charge is -2.33. The van der Waals surface area contributed by atoms with Crippen molar-refractivity contribution < 1.29 is 21.6 Å². The Bertz CT molecular complexity index is 1600. The second-order valence-electron chi connectivity index (χ2n) is 10.3. The average molecular weight is 602 g/mol. The minimum atomic E-state index is -3.90. The highest BCUT2D eigenvalue weighted by molar-refractivity contribution is 7.92. The summed E-state index contributed by atoms with van der Waals surface area (Å²) < 4.78 is 56.7. The first-order valence-electron chi connectivity index (χ1n) is 13.4. The summed E-state index contributed by atoms with van der Waals surface area (Å²) in [5.74, 6) is -0.480. The van der Waals surface area contributed by atoms with Crippen molar-refractivity contribution in [3.05, 3.63) is 82.9 Å². The summed E-state index contributed by atoms with van der Waals surface area (Å²) in [6.07, 6.45) is 4.82. The summed E-state index contributed by atoms with van der Waals surface area (Å²) in [6.45, 7) is 1.84. The fourth-order valence-electron chi connectivity index (χ4n) is 5.38. The number of nitrogens with one attached hydrogen (secondary N) is 1. The van der Waals surface area contributed by atoms with Gasteiger partial charge in [0.15, 0.2) is 0 Å². The lowest BCUT2D eigenvalue weighted by atomic mass is 9.95. The molecular formula is C29H32ClN3O5S2. The van der Waals surface area contributed by atoms with Crippen molar-refractivity contribution in [3.8, 4) is 0 Å². The molecule has 3 aromatic carbocycles. The van der Waals surface area contributed by atoms with Crippen LogP contribution in [0, 0.1) is 6.92 Å². The number of anilines is 2. The van der Waals surface area contributed by atoms with E-state index in [0.29, 0.717) is 35.7 Å². The summed E-state index contributed by atoms with van der Waals surface area (Å²) in [6, 6.07) is 17.5. The molecule has 11 heteroatoms. The molecule has 1 heterocycles. The second-order valence-corrected chi connectivity index (χ2v) is 14.5. The van der Waals surface area contributed by atoms with E-state index in [2.05, 4.69) is 5.32 Å². The highest BCUT2D eigenvalue weighted by atomic mass is 35.5. The normalized spacial score (nSPS) is 16.2. The van der Waals surface area contributed by atoms with Crippen molar-refractivity contribution >= 4 is 48.9 Å². The number of aryl methyl sites for hydroxylation is 1. The van der Waals surface area contributed by atoms with Gasteiger partial charge in [-0.15, -0.1) is 0 Å². The summed E-state index contributed by atoms with van der Waals surface area (Å²) in [7, 11) is -7.73. The number of sulfonamides is 2. The van der Waals surface area contributed by atoms with E-state index in [0.717, 1.165) is 30.4 Å². The number of hydrogen-bond donors (Lipinski definition) is 1. The Kier molecular flexibility index (Phi) is 8.24. The molecule has 0 bridgehead atoms. The zero-order chi connectivity index (χ0) is 28.5. The molecule has 0 atom stereocenters. The number of nitrogens with zero attached hydrogens (tertiary/aromatic N) is 2. The van der Waals surface area contributed by atoms with Gasteiger partial charge in [0.25, 0.3) is 10.0 Å². The maximum absolute atomic E-state index is 13.7. The third-order valence-corrected chi connectivity index (χ3v) is 11.5. The van der Waals surface area contributed by atoms with E-state index >= 15 is 0 Å². The zero-order valence-electron chi connectivity index (χ0n) is 22.2. The molecule has 0 radical (unpaired) electrons. The molecule has 40 heavy (non-hydrogen) atoms. The maximum Gasteiger partial charge on any atom is 0.264 e. The number of benzene rings is 3. The summed E-state index contributed by atoms with van der Waals surface area (Å²) in [4.78, 5) is 13.6. The number of rotatable bonds is 8. The van der Waals surface area contributed by atoms with Crippen LogP contribution in [0.3, 0.4) is 0 Å². The third kappa shape index (κ3) is 5.90. The highest BCUT2D eigenvalue weighted by Gasteiger charge is 2.35. The fraction of sp³-hybridized carbons (Fsp3) is 0.345. The van der Waals surface area contributed by atoms with Gasteiger partial charge in [0.05, 0.1) is 22.0 Å². The van der Waals surface area contributed by atoms with Crippen LogP contribution in [0.15, 0.2) is 76.5 Å². The lowest BCUT2D eigenvalue weighted by molar-refractivity contribution is -0.116. The number of hydrogen-bond acceptors (Lipinski definition) is 5. The fourth-order valence-corrected chi connectivity index (χ4v) is 8.64. The molecule has 2 aliphatic rings. The van der Waals surface area contributed by atoms with Gasteiger partial charge in [0, 0.05) is 23.3 Å². The third-order valence-electron chi connectivity index (χ3n) is 7.53. The first-order valence-corrected chi connectivity index (χ1v) is 16.6. The number of carbonyl (C=O) groups excluding carboxylic acids is 1. The van der Waals surface area contributed by atoms with Gasteiger partial charge < -0.3 is 5.32 Å². The molecule has 8 nitrogen and oxygen atoms in total. The van der Waals surface area contributed by atoms with Gasteiger partial charge in [-0.25, -0.2) is 16.8 Å². The Morgan fingerprint density at radius 2 is 1.57 bits per heavy atom. The number of amides is 1. The van der Waals surface area contributed by atoms with Crippen LogP contribution in [-0.4, -0.2) is 46.2 Å². The van der Waals surface area contributed by atoms with Crippen molar-refractivity contribution in [2.45, 2.75) is 61.3 Å². The topological polar surface area (TPSA) is 104 Å². The molecular weight excluding hydrogens is 570 g/mol. The number of carbonyl (C=O) groups is 1. The molecule has 1 amide bonds. The Hall–Kier alpha value is -2.92. The summed E-state index contributed by atoms with van der Waals surface area (Å²) >= 11 is 5.94. The first-order chi connectivity index (χ1) is 19.1. The van der Waals surface area contributed by atoms with Crippen LogP contribution >= 0.6 is 11.6 Å². The van der Waals surface area contributed by atoms with E-state index in [4.69, 9.17) is 11.6 Å². The van der Waals surface area contributed by atoms with Crippen molar-refractivity contribution in [2.24, 2.45) is 0 Å². The van der Waals surface area contributed by atoms with Crippen LogP contribution in [0.5, 0.6) is 0 Å².